The number of likely N-dealkylation sites (tertiary alicyclic amines) is 1. The van der Waals surface area contributed by atoms with Gasteiger partial charge in [0.1, 0.15) is 0 Å². The lowest BCUT2D eigenvalue weighted by Crippen LogP contribution is -2.46. The van der Waals surface area contributed by atoms with Crippen molar-refractivity contribution in [3.05, 3.63) is 34.9 Å². The topological polar surface area (TPSA) is 40.5 Å². The number of piperidine rings is 1. The summed E-state index contributed by atoms with van der Waals surface area (Å²) in [5.41, 5.74) is 0.0479. The summed E-state index contributed by atoms with van der Waals surface area (Å²) in [6.45, 7) is 11.5. The monoisotopic (exact) mass is 339 g/mol. The number of nitrogens with zero attached hydrogens (tertiary/aromatic N) is 1. The van der Waals surface area contributed by atoms with Crippen LogP contribution in [-0.2, 0) is 10.4 Å². The molecule has 1 saturated heterocycles. The average Bonchev–Trinajstić information content (AvgIpc) is 2.47. The minimum atomic E-state index is -0.835. The van der Waals surface area contributed by atoms with Gasteiger partial charge in [0.15, 0.2) is 0 Å². The van der Waals surface area contributed by atoms with E-state index in [1.54, 1.807) is 12.1 Å². The van der Waals surface area contributed by atoms with Crippen LogP contribution in [-0.4, -0.2) is 29.0 Å². The van der Waals surface area contributed by atoms with Gasteiger partial charge in [-0.1, -0.05) is 58.4 Å². The Morgan fingerprint density at radius 2 is 1.52 bits per heavy atom. The molecule has 0 aromatic heterocycles. The molecule has 0 radical (unpaired) electrons. The van der Waals surface area contributed by atoms with E-state index in [-0.39, 0.29) is 11.8 Å². The van der Waals surface area contributed by atoms with Crippen molar-refractivity contribution in [1.29, 1.82) is 0 Å². The van der Waals surface area contributed by atoms with Gasteiger partial charge in [0.05, 0.1) is 5.60 Å². The molecule has 23 heavy (non-hydrogen) atoms. The van der Waals surface area contributed by atoms with Gasteiger partial charge in [-0.05, 0) is 36.5 Å². The lowest BCUT2D eigenvalue weighted by atomic mass is 9.84. The fourth-order valence-electron chi connectivity index (χ4n) is 2.51. The van der Waals surface area contributed by atoms with Crippen LogP contribution in [0.15, 0.2) is 24.3 Å². The lowest BCUT2D eigenvalue weighted by Gasteiger charge is -2.39. The minimum absolute atomic E-state index is 0.0155. The fraction of sp³-hybridized carbons (Fsp3) is 0.632. The molecule has 0 aliphatic carbocycles. The van der Waals surface area contributed by atoms with Gasteiger partial charge < -0.3 is 10.0 Å². The van der Waals surface area contributed by atoms with E-state index >= 15 is 0 Å². The summed E-state index contributed by atoms with van der Waals surface area (Å²) < 4.78 is 0. The summed E-state index contributed by atoms with van der Waals surface area (Å²) >= 11 is 5.86. The molecule has 1 N–H and O–H groups in total. The zero-order valence-electron chi connectivity index (χ0n) is 15.0. The van der Waals surface area contributed by atoms with Crippen LogP contribution < -0.4 is 0 Å². The van der Waals surface area contributed by atoms with Gasteiger partial charge in [-0.2, -0.15) is 0 Å². The van der Waals surface area contributed by atoms with Crippen molar-refractivity contribution in [3.8, 4) is 0 Å². The third kappa shape index (κ3) is 6.15. The van der Waals surface area contributed by atoms with E-state index in [4.69, 9.17) is 11.6 Å². The summed E-state index contributed by atoms with van der Waals surface area (Å²) in [5, 5.41) is 11.4. The highest BCUT2D eigenvalue weighted by molar-refractivity contribution is 6.30. The smallest absolute Gasteiger partial charge is 0.225 e. The van der Waals surface area contributed by atoms with Crippen LogP contribution in [0.25, 0.3) is 0 Å². The first-order valence-corrected chi connectivity index (χ1v) is 8.80. The molecule has 0 bridgehead atoms. The number of hydrogen-bond donors (Lipinski definition) is 1. The number of carbonyl (C=O) groups excluding carboxylic acids is 1. The largest absolute Gasteiger partial charge is 0.385 e. The van der Waals surface area contributed by atoms with Crippen molar-refractivity contribution in [2.75, 3.05) is 13.1 Å². The van der Waals surface area contributed by atoms with Crippen molar-refractivity contribution < 1.29 is 9.90 Å². The molecular formula is C19H30ClNO2. The predicted molar refractivity (Wildman–Crippen MR) is 96.5 cm³/mol. The van der Waals surface area contributed by atoms with Crippen LogP contribution in [0.3, 0.4) is 0 Å². The highest BCUT2D eigenvalue weighted by Crippen LogP contribution is 2.33. The van der Waals surface area contributed by atoms with E-state index in [0.29, 0.717) is 31.0 Å². The summed E-state index contributed by atoms with van der Waals surface area (Å²) in [6.07, 6.45) is 1.15. The molecule has 1 aromatic carbocycles. The van der Waals surface area contributed by atoms with Crippen molar-refractivity contribution in [3.63, 3.8) is 0 Å². The lowest BCUT2D eigenvalue weighted by molar-refractivity contribution is -0.139. The molecule has 0 spiro atoms. The molecule has 1 aliphatic rings. The zero-order chi connectivity index (χ0) is 17.6. The second-order valence-electron chi connectivity index (χ2n) is 7.25. The van der Waals surface area contributed by atoms with Crippen LogP contribution in [0.1, 0.15) is 53.0 Å². The maximum atomic E-state index is 11.9. The van der Waals surface area contributed by atoms with Crippen LogP contribution in [0.4, 0.5) is 0 Å². The van der Waals surface area contributed by atoms with Crippen LogP contribution in [0.5, 0.6) is 0 Å². The van der Waals surface area contributed by atoms with Crippen molar-refractivity contribution in [1.82, 2.24) is 4.90 Å². The van der Waals surface area contributed by atoms with Gasteiger partial charge in [-0.25, -0.2) is 0 Å². The third-order valence-corrected chi connectivity index (χ3v) is 4.03. The Morgan fingerprint density at radius 3 is 1.91 bits per heavy atom. The Morgan fingerprint density at radius 1 is 1.09 bits per heavy atom. The molecule has 130 valence electrons. The van der Waals surface area contributed by atoms with Crippen molar-refractivity contribution in [2.45, 2.75) is 53.1 Å². The minimum Gasteiger partial charge on any atom is -0.385 e. The summed E-state index contributed by atoms with van der Waals surface area (Å²) in [7, 11) is 0. The van der Waals surface area contributed by atoms with Gasteiger partial charge in [-0.3, -0.25) is 4.79 Å². The molecule has 2 rings (SSSR count). The molecule has 0 unspecified atom stereocenters. The number of carbonyl (C=O) groups is 1. The van der Waals surface area contributed by atoms with Gasteiger partial charge >= 0.3 is 0 Å². The van der Waals surface area contributed by atoms with E-state index in [0.717, 1.165) is 11.5 Å². The standard InChI is InChI=1S/C15H20ClNO2.C4H10/c1-11(2)14(18)17-9-7-15(19,8-10-17)12-3-5-13(16)6-4-12;1-4(2)3/h3-6,11,19H,7-10H2,1-2H3;4H,1-3H3. The van der Waals surface area contributed by atoms with Crippen molar-refractivity contribution >= 4 is 17.5 Å². The first kappa shape index (κ1) is 20.0. The highest BCUT2D eigenvalue weighted by Gasteiger charge is 2.35. The van der Waals surface area contributed by atoms with E-state index in [9.17, 15) is 9.90 Å². The number of benzene rings is 1. The molecule has 4 heteroatoms. The summed E-state index contributed by atoms with van der Waals surface area (Å²) in [6, 6.07) is 7.31. The molecule has 1 aromatic rings. The molecular weight excluding hydrogens is 310 g/mol. The maximum absolute atomic E-state index is 11.9. The molecule has 0 atom stereocenters. The van der Waals surface area contributed by atoms with Gasteiger partial charge in [0.2, 0.25) is 5.91 Å². The van der Waals surface area contributed by atoms with E-state index in [1.165, 1.54) is 0 Å². The first-order valence-electron chi connectivity index (χ1n) is 8.43. The van der Waals surface area contributed by atoms with Gasteiger partial charge in [-0.15, -0.1) is 0 Å². The Labute approximate surface area is 145 Å². The normalized spacial score (nSPS) is 17.0. The van der Waals surface area contributed by atoms with Gasteiger partial charge in [0.25, 0.3) is 0 Å². The van der Waals surface area contributed by atoms with E-state index < -0.39 is 5.60 Å². The summed E-state index contributed by atoms with van der Waals surface area (Å²) in [5.74, 6) is 1.01. The number of hydrogen-bond acceptors (Lipinski definition) is 2. The Bertz CT molecular complexity index is 486. The Hall–Kier alpha value is -1.06. The van der Waals surface area contributed by atoms with E-state index in [1.807, 2.05) is 30.9 Å². The van der Waals surface area contributed by atoms with Crippen LogP contribution in [0.2, 0.25) is 5.02 Å². The number of halogens is 1. The predicted octanol–water partition coefficient (Wildman–Crippen LogP) is 4.47. The summed E-state index contributed by atoms with van der Waals surface area (Å²) in [4.78, 5) is 13.8. The number of aliphatic hydroxyl groups is 1. The van der Waals surface area contributed by atoms with Gasteiger partial charge in [0, 0.05) is 24.0 Å². The second kappa shape index (κ2) is 8.70. The molecule has 1 heterocycles. The highest BCUT2D eigenvalue weighted by atomic mass is 35.5. The van der Waals surface area contributed by atoms with Crippen LogP contribution in [0, 0.1) is 11.8 Å². The van der Waals surface area contributed by atoms with Crippen molar-refractivity contribution in [2.24, 2.45) is 11.8 Å². The quantitative estimate of drug-likeness (QED) is 0.863. The molecule has 1 fully saturated rings. The number of amides is 1. The van der Waals surface area contributed by atoms with E-state index in [2.05, 4.69) is 20.8 Å². The Balaban J connectivity index is 0.000000593. The van der Waals surface area contributed by atoms with Crippen LogP contribution >= 0.6 is 11.6 Å². The maximum Gasteiger partial charge on any atom is 0.225 e. The molecule has 1 amide bonds. The average molecular weight is 340 g/mol. The molecule has 0 saturated carbocycles. The number of rotatable bonds is 2. The fourth-order valence-corrected chi connectivity index (χ4v) is 2.64. The Kier molecular flexibility index (Phi) is 7.56. The first-order chi connectivity index (χ1) is 10.7. The SMILES string of the molecule is CC(C)C.CC(C)C(=O)N1CCC(O)(c2ccc(Cl)cc2)CC1. The molecule has 1 aliphatic heterocycles. The molecule has 3 nitrogen and oxygen atoms in total. The zero-order valence-corrected chi connectivity index (χ0v) is 15.7. The second-order valence-corrected chi connectivity index (χ2v) is 7.69. The third-order valence-electron chi connectivity index (χ3n) is 3.78.